The van der Waals surface area contributed by atoms with Gasteiger partial charge in [-0.05, 0) is 197 Å². The summed E-state index contributed by atoms with van der Waals surface area (Å²) in [6.07, 6.45) is 0. The lowest BCUT2D eigenvalue weighted by molar-refractivity contribution is 0.488. The second-order valence-electron chi connectivity index (χ2n) is 30.9. The third-order valence-corrected chi connectivity index (χ3v) is 19.4. The van der Waals surface area contributed by atoms with E-state index in [1.165, 1.54) is 106 Å². The van der Waals surface area contributed by atoms with Gasteiger partial charge in [0.2, 0.25) is 0 Å². The fourth-order valence-electron chi connectivity index (χ4n) is 14.2. The minimum Gasteiger partial charge on any atom is -0.458 e. The van der Waals surface area contributed by atoms with E-state index < -0.39 is 0 Å². The van der Waals surface area contributed by atoms with Crippen molar-refractivity contribution in [3.8, 4) is 33.8 Å². The first-order valence-electron chi connectivity index (χ1n) is 31.9. The second-order valence-corrected chi connectivity index (χ2v) is 30.9. The molecular weight excluding hydrogens is 1060 g/mol. The van der Waals surface area contributed by atoms with Gasteiger partial charge in [-0.3, -0.25) is 0 Å². The zero-order chi connectivity index (χ0) is 61.9. The van der Waals surface area contributed by atoms with Crippen LogP contribution in [0.15, 0.2) is 194 Å². The van der Waals surface area contributed by atoms with E-state index in [0.29, 0.717) is 0 Å². The fourth-order valence-corrected chi connectivity index (χ4v) is 14.2. The van der Waals surface area contributed by atoms with Crippen molar-refractivity contribution in [2.75, 3.05) is 14.7 Å². The lowest BCUT2D eigenvalue weighted by atomic mass is 9.30. The standard InChI is InChI=1S/C82H83B2N3O/c1-50-18-22-52(23-19-50)54-42-71-76-72(43-54)87(63-38-30-58(31-39-63)80(9,10)11)70-49-74-67(48-66(70)83(76)64-46-59(81(12,13)14)32-40-68(64)85(71)61-34-26-56(27-35-61)78(3,4)5)84-65-47-60(82(15,16)17)33-41-69(65)86(62-36-28-57(29-37-62)79(6,7)8)73-44-55(45-75(88-74)77(73)84)53-24-20-51(2)21-25-53/h18-49H,1-17H3. The number of fused-ring (bicyclic) bond motifs is 8. The number of anilines is 9. The first-order chi connectivity index (χ1) is 41.6. The van der Waals surface area contributed by atoms with Gasteiger partial charge < -0.3 is 19.4 Å². The van der Waals surface area contributed by atoms with E-state index in [-0.39, 0.29) is 40.5 Å². The summed E-state index contributed by atoms with van der Waals surface area (Å²) in [6, 6.07) is 75.6. The average Bonchev–Trinajstić information content (AvgIpc) is 0.718. The Balaban J connectivity index is 1.09. The SMILES string of the molecule is Cc1ccc(-c2cc3c4c(c2)N(c2ccc(C(C)(C)C)cc2)c2ccc(C(C)(C)C)cc2B4c2cc4c(cc2O3)N(c2ccc(C(C)(C)C)cc2)c2cc(-c3ccc(C)cc3)cc3c2B4c2cc(C(C)(C)C)ccc2N3c2ccc(C(C)(C)C)cc2)cc1. The van der Waals surface area contributed by atoms with E-state index in [1.807, 2.05) is 0 Å². The third-order valence-electron chi connectivity index (χ3n) is 19.4. The van der Waals surface area contributed by atoms with Crippen LogP contribution in [0.5, 0.6) is 11.5 Å². The monoisotopic (exact) mass is 1150 g/mol. The molecule has 10 aromatic carbocycles. The second kappa shape index (κ2) is 20.0. The molecule has 438 valence electrons. The molecule has 0 atom stereocenters. The Bertz CT molecular complexity index is 4430. The van der Waals surface area contributed by atoms with Gasteiger partial charge in [-0.1, -0.05) is 230 Å². The Kier molecular flexibility index (Phi) is 13.0. The van der Waals surface area contributed by atoms with E-state index in [9.17, 15) is 0 Å². The summed E-state index contributed by atoms with van der Waals surface area (Å²) in [4.78, 5) is 7.69. The Morgan fingerprint density at radius 2 is 0.591 bits per heavy atom. The lowest BCUT2D eigenvalue weighted by Crippen LogP contribution is -2.64. The molecule has 4 aliphatic rings. The summed E-state index contributed by atoms with van der Waals surface area (Å²) < 4.78 is 7.76. The molecule has 4 nitrogen and oxygen atoms in total. The molecule has 0 fully saturated rings. The smallest absolute Gasteiger partial charge is 0.256 e. The van der Waals surface area contributed by atoms with Gasteiger partial charge in [-0.15, -0.1) is 0 Å². The molecule has 0 saturated carbocycles. The van der Waals surface area contributed by atoms with E-state index in [4.69, 9.17) is 4.74 Å². The van der Waals surface area contributed by atoms with E-state index in [0.717, 1.165) is 51.1 Å². The number of rotatable bonds is 5. The maximum atomic E-state index is 7.76. The van der Waals surface area contributed by atoms with Gasteiger partial charge in [0.1, 0.15) is 11.5 Å². The molecule has 10 aromatic rings. The topological polar surface area (TPSA) is 19.0 Å². The highest BCUT2D eigenvalue weighted by atomic mass is 16.5. The molecular formula is C82H83B2N3O. The number of ether oxygens (including phenoxy) is 1. The van der Waals surface area contributed by atoms with Gasteiger partial charge in [0.05, 0.1) is 0 Å². The molecule has 0 saturated heterocycles. The normalized spacial score (nSPS) is 14.2. The van der Waals surface area contributed by atoms with Crippen LogP contribution < -0.4 is 52.2 Å². The van der Waals surface area contributed by atoms with Crippen molar-refractivity contribution in [1.82, 2.24) is 0 Å². The summed E-state index contributed by atoms with van der Waals surface area (Å²) >= 11 is 0. The molecule has 0 aliphatic carbocycles. The molecule has 0 radical (unpaired) electrons. The number of nitrogens with zero attached hydrogens (tertiary/aromatic N) is 3. The van der Waals surface area contributed by atoms with E-state index in [1.54, 1.807) is 0 Å². The van der Waals surface area contributed by atoms with Gasteiger partial charge in [0.15, 0.2) is 0 Å². The van der Waals surface area contributed by atoms with Crippen molar-refractivity contribution in [2.45, 2.75) is 145 Å². The molecule has 0 aromatic heterocycles. The van der Waals surface area contributed by atoms with Crippen LogP contribution in [0.2, 0.25) is 0 Å². The van der Waals surface area contributed by atoms with Gasteiger partial charge >= 0.3 is 0 Å². The largest absolute Gasteiger partial charge is 0.458 e. The van der Waals surface area contributed by atoms with Crippen LogP contribution in [0.25, 0.3) is 22.3 Å². The Morgan fingerprint density at radius 3 is 0.977 bits per heavy atom. The van der Waals surface area contributed by atoms with Crippen LogP contribution in [0.4, 0.5) is 51.2 Å². The number of hydrogen-bond acceptors (Lipinski definition) is 4. The maximum absolute atomic E-state index is 7.76. The molecule has 0 unspecified atom stereocenters. The fraction of sp³-hybridized carbons (Fsp3) is 0.268. The molecule has 0 spiro atoms. The number of hydrogen-bond donors (Lipinski definition) is 0. The van der Waals surface area contributed by atoms with Gasteiger partial charge in [-0.2, -0.15) is 0 Å². The van der Waals surface area contributed by atoms with Gasteiger partial charge in [0.25, 0.3) is 13.4 Å². The zero-order valence-electron chi connectivity index (χ0n) is 54.9. The van der Waals surface area contributed by atoms with Crippen molar-refractivity contribution in [3.05, 3.63) is 233 Å². The summed E-state index contributed by atoms with van der Waals surface area (Å²) in [5.74, 6) is 1.77. The summed E-state index contributed by atoms with van der Waals surface area (Å²) in [5, 5.41) is 0. The molecule has 14 rings (SSSR count). The van der Waals surface area contributed by atoms with Crippen LogP contribution in [0, 0.1) is 13.8 Å². The van der Waals surface area contributed by atoms with Crippen LogP contribution in [0.3, 0.4) is 0 Å². The summed E-state index contributed by atoms with van der Waals surface area (Å²) in [5.41, 5.74) is 31.3. The molecule has 4 aliphatic heterocycles. The summed E-state index contributed by atoms with van der Waals surface area (Å²) in [6.45, 7) is 38.9. The molecule has 4 heterocycles. The Hall–Kier alpha value is -8.47. The molecule has 6 heteroatoms. The highest BCUT2D eigenvalue weighted by Gasteiger charge is 2.48. The third kappa shape index (κ3) is 9.60. The summed E-state index contributed by atoms with van der Waals surface area (Å²) in [7, 11) is 0. The molecule has 0 N–H and O–H groups in total. The number of aryl methyl sites for hydroxylation is 2. The Morgan fingerprint density at radius 1 is 0.261 bits per heavy atom. The van der Waals surface area contributed by atoms with Crippen LogP contribution in [0.1, 0.15) is 143 Å². The van der Waals surface area contributed by atoms with Crippen LogP contribution >= 0.6 is 0 Å². The highest BCUT2D eigenvalue weighted by molar-refractivity contribution is 7.02. The minimum absolute atomic E-state index is 0.00102. The lowest BCUT2D eigenvalue weighted by Gasteiger charge is -2.46. The van der Waals surface area contributed by atoms with Gasteiger partial charge in [-0.25, -0.2) is 0 Å². The van der Waals surface area contributed by atoms with Crippen molar-refractivity contribution in [3.63, 3.8) is 0 Å². The maximum Gasteiger partial charge on any atom is 0.256 e. The first-order valence-corrected chi connectivity index (χ1v) is 31.9. The average molecular weight is 1150 g/mol. The first kappa shape index (κ1) is 57.3. The Labute approximate surface area is 525 Å². The van der Waals surface area contributed by atoms with Crippen molar-refractivity contribution in [2.24, 2.45) is 0 Å². The van der Waals surface area contributed by atoms with Crippen LogP contribution in [-0.4, -0.2) is 13.4 Å². The molecule has 88 heavy (non-hydrogen) atoms. The minimum atomic E-state index is -0.153. The quantitative estimate of drug-likeness (QED) is 0.160. The number of benzene rings is 10. The van der Waals surface area contributed by atoms with Crippen molar-refractivity contribution in [1.29, 1.82) is 0 Å². The molecule has 0 bridgehead atoms. The zero-order valence-corrected chi connectivity index (χ0v) is 54.9. The van der Waals surface area contributed by atoms with Crippen LogP contribution in [-0.2, 0) is 27.1 Å². The van der Waals surface area contributed by atoms with E-state index in [2.05, 4.69) is 327 Å². The predicted octanol–water partition coefficient (Wildman–Crippen LogP) is 18.6. The van der Waals surface area contributed by atoms with Gasteiger partial charge in [0, 0.05) is 57.3 Å². The van der Waals surface area contributed by atoms with Crippen molar-refractivity contribution >= 4 is 97.4 Å². The predicted molar refractivity (Wildman–Crippen MR) is 380 cm³/mol. The van der Waals surface area contributed by atoms with Crippen molar-refractivity contribution < 1.29 is 4.74 Å². The highest BCUT2D eigenvalue weighted by Crippen LogP contribution is 2.50. The van der Waals surface area contributed by atoms with E-state index >= 15 is 0 Å². The molecule has 0 amide bonds.